The van der Waals surface area contributed by atoms with E-state index in [2.05, 4.69) is 5.32 Å². The van der Waals surface area contributed by atoms with Gasteiger partial charge in [0.05, 0.1) is 0 Å². The third-order valence-corrected chi connectivity index (χ3v) is 4.86. The van der Waals surface area contributed by atoms with E-state index in [9.17, 15) is 18.4 Å². The molecule has 2 aromatic carbocycles. The van der Waals surface area contributed by atoms with Gasteiger partial charge in [0.1, 0.15) is 16.5 Å². The molecule has 1 heterocycles. The number of nitrogens with one attached hydrogen (secondary N) is 1. The Morgan fingerprint density at radius 2 is 1.70 bits per heavy atom. The van der Waals surface area contributed by atoms with Gasteiger partial charge in [0.15, 0.2) is 6.61 Å². The number of esters is 1. The van der Waals surface area contributed by atoms with E-state index in [1.807, 2.05) is 0 Å². The van der Waals surface area contributed by atoms with Gasteiger partial charge >= 0.3 is 5.97 Å². The van der Waals surface area contributed by atoms with Gasteiger partial charge in [-0.2, -0.15) is 0 Å². The Bertz CT molecular complexity index is 983. The predicted octanol–water partition coefficient (Wildman–Crippen LogP) is 4.80. The van der Waals surface area contributed by atoms with Crippen LogP contribution < -0.4 is 5.32 Å². The number of carbonyl (C=O) groups excluding carboxylic acids is 2. The molecule has 0 aliphatic rings. The SMILES string of the molecule is Cc1ccc(F)cc1NC(=O)COC(=O)c1ccc(-c2ccc(F)cc2)s1. The summed E-state index contributed by atoms with van der Waals surface area (Å²) >= 11 is 1.18. The van der Waals surface area contributed by atoms with E-state index in [0.717, 1.165) is 10.4 Å². The van der Waals surface area contributed by atoms with Crippen molar-refractivity contribution in [2.45, 2.75) is 6.92 Å². The van der Waals surface area contributed by atoms with Crippen molar-refractivity contribution in [1.82, 2.24) is 0 Å². The Morgan fingerprint density at radius 3 is 2.44 bits per heavy atom. The Hall–Kier alpha value is -3.06. The zero-order valence-corrected chi connectivity index (χ0v) is 15.1. The van der Waals surface area contributed by atoms with Crippen LogP contribution in [0.25, 0.3) is 10.4 Å². The number of amides is 1. The number of benzene rings is 2. The van der Waals surface area contributed by atoms with Crippen molar-refractivity contribution in [2.24, 2.45) is 0 Å². The minimum Gasteiger partial charge on any atom is -0.451 e. The summed E-state index contributed by atoms with van der Waals surface area (Å²) in [5.74, 6) is -2.01. The average molecular weight is 387 g/mol. The Morgan fingerprint density at radius 1 is 1.00 bits per heavy atom. The molecule has 0 aliphatic heterocycles. The van der Waals surface area contributed by atoms with Crippen LogP contribution >= 0.6 is 11.3 Å². The van der Waals surface area contributed by atoms with E-state index in [-0.39, 0.29) is 5.82 Å². The van der Waals surface area contributed by atoms with Gasteiger partial charge in [0, 0.05) is 10.6 Å². The van der Waals surface area contributed by atoms with Gasteiger partial charge in [0.2, 0.25) is 0 Å². The molecule has 7 heteroatoms. The number of aryl methyl sites for hydroxylation is 1. The summed E-state index contributed by atoms with van der Waals surface area (Å²) in [6.45, 7) is 1.24. The molecule has 0 unspecified atom stereocenters. The van der Waals surface area contributed by atoms with Crippen LogP contribution in [0.2, 0.25) is 0 Å². The van der Waals surface area contributed by atoms with Crippen LogP contribution in [0.4, 0.5) is 14.5 Å². The van der Waals surface area contributed by atoms with Crippen molar-refractivity contribution in [1.29, 1.82) is 0 Å². The van der Waals surface area contributed by atoms with Crippen molar-refractivity contribution in [2.75, 3.05) is 11.9 Å². The minimum absolute atomic E-state index is 0.323. The fraction of sp³-hybridized carbons (Fsp3) is 0.100. The summed E-state index contributed by atoms with van der Waals surface area (Å²) in [5, 5.41) is 2.51. The predicted molar refractivity (Wildman–Crippen MR) is 99.8 cm³/mol. The molecule has 0 spiro atoms. The summed E-state index contributed by atoms with van der Waals surface area (Å²) < 4.78 is 31.2. The van der Waals surface area contributed by atoms with Crippen LogP contribution in [-0.4, -0.2) is 18.5 Å². The summed E-state index contributed by atoms with van der Waals surface area (Å²) in [5.41, 5.74) is 1.80. The van der Waals surface area contributed by atoms with E-state index in [1.165, 1.54) is 35.6 Å². The molecular formula is C20H15F2NO3S. The Balaban J connectivity index is 1.58. The minimum atomic E-state index is -0.639. The van der Waals surface area contributed by atoms with Gasteiger partial charge in [-0.1, -0.05) is 18.2 Å². The van der Waals surface area contributed by atoms with Crippen molar-refractivity contribution in [3.05, 3.63) is 76.7 Å². The second-order valence-corrected chi connectivity index (χ2v) is 6.84. The first-order valence-corrected chi connectivity index (χ1v) is 8.83. The van der Waals surface area contributed by atoms with Gasteiger partial charge in [0.25, 0.3) is 5.91 Å². The maximum atomic E-state index is 13.2. The average Bonchev–Trinajstić information content (AvgIpc) is 3.13. The van der Waals surface area contributed by atoms with Crippen LogP contribution in [-0.2, 0) is 9.53 Å². The highest BCUT2D eigenvalue weighted by Crippen LogP contribution is 2.28. The molecular weight excluding hydrogens is 372 g/mol. The van der Waals surface area contributed by atoms with Gasteiger partial charge in [-0.3, -0.25) is 4.79 Å². The van der Waals surface area contributed by atoms with E-state index in [0.29, 0.717) is 16.1 Å². The molecule has 0 aliphatic carbocycles. The number of rotatable bonds is 5. The van der Waals surface area contributed by atoms with Crippen molar-refractivity contribution in [3.8, 4) is 10.4 Å². The van der Waals surface area contributed by atoms with E-state index in [4.69, 9.17) is 4.74 Å². The second-order valence-electron chi connectivity index (χ2n) is 5.75. The smallest absolute Gasteiger partial charge is 0.348 e. The molecule has 0 atom stereocenters. The number of thiophene rings is 1. The summed E-state index contributed by atoms with van der Waals surface area (Å²) in [4.78, 5) is 25.1. The van der Waals surface area contributed by atoms with Gasteiger partial charge in [-0.15, -0.1) is 11.3 Å². The van der Waals surface area contributed by atoms with Crippen LogP contribution in [0.3, 0.4) is 0 Å². The number of halogens is 2. The zero-order valence-electron chi connectivity index (χ0n) is 14.3. The molecule has 1 aromatic heterocycles. The molecule has 3 aromatic rings. The molecule has 138 valence electrons. The quantitative estimate of drug-likeness (QED) is 0.640. The number of hydrogen-bond donors (Lipinski definition) is 1. The van der Waals surface area contributed by atoms with Gasteiger partial charge < -0.3 is 10.1 Å². The molecule has 0 saturated heterocycles. The second kappa shape index (κ2) is 8.09. The maximum Gasteiger partial charge on any atom is 0.348 e. The van der Waals surface area contributed by atoms with Gasteiger partial charge in [-0.05, 0) is 54.4 Å². The van der Waals surface area contributed by atoms with Crippen LogP contribution in [0.5, 0.6) is 0 Å². The lowest BCUT2D eigenvalue weighted by Gasteiger charge is -2.08. The highest BCUT2D eigenvalue weighted by Gasteiger charge is 2.14. The lowest BCUT2D eigenvalue weighted by atomic mass is 10.2. The molecule has 0 bridgehead atoms. The fourth-order valence-corrected chi connectivity index (χ4v) is 3.24. The maximum absolute atomic E-state index is 13.2. The molecule has 0 saturated carbocycles. The van der Waals surface area contributed by atoms with Crippen LogP contribution in [0.15, 0.2) is 54.6 Å². The van der Waals surface area contributed by atoms with Crippen molar-refractivity contribution < 1.29 is 23.1 Å². The lowest BCUT2D eigenvalue weighted by Crippen LogP contribution is -2.21. The Labute approximate surface area is 158 Å². The van der Waals surface area contributed by atoms with Crippen LogP contribution in [0.1, 0.15) is 15.2 Å². The molecule has 1 N–H and O–H groups in total. The summed E-state index contributed by atoms with van der Waals surface area (Å²) in [6, 6.07) is 13.3. The third kappa shape index (κ3) is 4.77. The lowest BCUT2D eigenvalue weighted by molar-refractivity contribution is -0.119. The standard InChI is InChI=1S/C20H15F2NO3S/c1-12-2-5-15(22)10-16(12)23-19(24)11-26-20(25)18-9-8-17(27-18)13-3-6-14(21)7-4-13/h2-10H,11H2,1H3,(H,23,24). The normalized spacial score (nSPS) is 10.5. The zero-order chi connectivity index (χ0) is 19.4. The van der Waals surface area contributed by atoms with E-state index in [1.54, 1.807) is 37.3 Å². The van der Waals surface area contributed by atoms with E-state index >= 15 is 0 Å². The topological polar surface area (TPSA) is 55.4 Å². The first-order chi connectivity index (χ1) is 12.9. The molecule has 0 fully saturated rings. The molecule has 27 heavy (non-hydrogen) atoms. The first-order valence-electron chi connectivity index (χ1n) is 8.01. The van der Waals surface area contributed by atoms with Crippen LogP contribution in [0, 0.1) is 18.6 Å². The fourth-order valence-electron chi connectivity index (χ4n) is 2.33. The van der Waals surface area contributed by atoms with E-state index < -0.39 is 24.3 Å². The van der Waals surface area contributed by atoms with Gasteiger partial charge in [-0.25, -0.2) is 13.6 Å². The molecule has 1 amide bonds. The molecule has 0 radical (unpaired) electrons. The number of ether oxygens (including phenoxy) is 1. The van der Waals surface area contributed by atoms with Crippen molar-refractivity contribution in [3.63, 3.8) is 0 Å². The van der Waals surface area contributed by atoms with Crippen molar-refractivity contribution >= 4 is 28.9 Å². The summed E-state index contributed by atoms with van der Waals surface area (Å²) in [6.07, 6.45) is 0. The largest absolute Gasteiger partial charge is 0.451 e. The highest BCUT2D eigenvalue weighted by atomic mass is 32.1. The number of hydrogen-bond acceptors (Lipinski definition) is 4. The third-order valence-electron chi connectivity index (χ3n) is 3.74. The first kappa shape index (κ1) is 18.7. The monoisotopic (exact) mass is 387 g/mol. The molecule has 3 rings (SSSR count). The Kier molecular flexibility index (Phi) is 5.61. The highest BCUT2D eigenvalue weighted by molar-refractivity contribution is 7.17. The number of carbonyl (C=O) groups is 2. The summed E-state index contributed by atoms with van der Waals surface area (Å²) in [7, 11) is 0. The number of anilines is 1. The molecule has 4 nitrogen and oxygen atoms in total.